The molecule has 1 aliphatic rings. The van der Waals surface area contributed by atoms with Crippen molar-refractivity contribution in [3.8, 4) is 0 Å². The summed E-state index contributed by atoms with van der Waals surface area (Å²) in [6.07, 6.45) is 0.190. The molecule has 146 valence electrons. The van der Waals surface area contributed by atoms with Crippen LogP contribution in [0.1, 0.15) is 16.1 Å². The molecule has 0 saturated carbocycles. The average molecular weight is 405 g/mol. The molecule has 6 nitrogen and oxygen atoms in total. The molecule has 2 N–H and O–H groups in total. The molecule has 0 bridgehead atoms. The average Bonchev–Trinajstić information content (AvgIpc) is 3.40. The van der Waals surface area contributed by atoms with E-state index in [9.17, 15) is 14.4 Å². The van der Waals surface area contributed by atoms with Gasteiger partial charge >= 0.3 is 0 Å². The van der Waals surface area contributed by atoms with Gasteiger partial charge in [-0.2, -0.15) is 0 Å². The molecule has 2 heterocycles. The Morgan fingerprint density at radius 1 is 0.897 bits per heavy atom. The molecule has 1 atom stereocenters. The summed E-state index contributed by atoms with van der Waals surface area (Å²) < 4.78 is 0. The van der Waals surface area contributed by atoms with E-state index < -0.39 is 5.92 Å². The van der Waals surface area contributed by atoms with E-state index in [0.717, 1.165) is 5.69 Å². The van der Waals surface area contributed by atoms with Gasteiger partial charge in [0.2, 0.25) is 11.8 Å². The number of anilines is 3. The van der Waals surface area contributed by atoms with E-state index in [-0.39, 0.29) is 24.1 Å². The Morgan fingerprint density at radius 2 is 1.59 bits per heavy atom. The van der Waals surface area contributed by atoms with E-state index in [1.165, 1.54) is 11.3 Å². The highest BCUT2D eigenvalue weighted by Gasteiger charge is 2.35. The zero-order valence-electron chi connectivity index (χ0n) is 15.5. The summed E-state index contributed by atoms with van der Waals surface area (Å²) in [5.74, 6) is -0.807. The smallest absolute Gasteiger partial charge is 0.265 e. The van der Waals surface area contributed by atoms with E-state index in [4.69, 9.17) is 0 Å². The second kappa shape index (κ2) is 8.28. The number of nitrogens with zero attached hydrogens (tertiary/aromatic N) is 1. The number of rotatable bonds is 5. The Morgan fingerprint density at radius 3 is 2.24 bits per heavy atom. The Bertz CT molecular complexity index is 1020. The molecule has 1 saturated heterocycles. The first-order valence-corrected chi connectivity index (χ1v) is 10.1. The molecule has 1 aliphatic heterocycles. The third kappa shape index (κ3) is 4.35. The molecular weight excluding hydrogens is 386 g/mol. The maximum absolute atomic E-state index is 12.6. The van der Waals surface area contributed by atoms with Crippen LogP contribution in [-0.2, 0) is 9.59 Å². The third-order valence-corrected chi connectivity index (χ3v) is 5.59. The summed E-state index contributed by atoms with van der Waals surface area (Å²) in [5.41, 5.74) is 2.07. The molecule has 29 heavy (non-hydrogen) atoms. The van der Waals surface area contributed by atoms with E-state index in [1.54, 1.807) is 35.2 Å². The maximum atomic E-state index is 12.6. The molecule has 0 radical (unpaired) electrons. The number of carbonyl (C=O) groups excluding carboxylic acids is 3. The van der Waals surface area contributed by atoms with Crippen LogP contribution in [0.3, 0.4) is 0 Å². The highest BCUT2D eigenvalue weighted by atomic mass is 32.1. The highest BCUT2D eigenvalue weighted by molar-refractivity contribution is 7.12. The van der Waals surface area contributed by atoms with E-state index >= 15 is 0 Å². The van der Waals surface area contributed by atoms with Crippen LogP contribution in [0.5, 0.6) is 0 Å². The molecule has 7 heteroatoms. The van der Waals surface area contributed by atoms with Crippen LogP contribution in [0, 0.1) is 5.92 Å². The van der Waals surface area contributed by atoms with Gasteiger partial charge in [-0.05, 0) is 47.8 Å². The Kier molecular flexibility index (Phi) is 5.39. The van der Waals surface area contributed by atoms with E-state index in [1.807, 2.05) is 41.8 Å². The summed E-state index contributed by atoms with van der Waals surface area (Å²) in [6, 6.07) is 19.9. The van der Waals surface area contributed by atoms with Gasteiger partial charge in [0.15, 0.2) is 0 Å². The maximum Gasteiger partial charge on any atom is 0.265 e. The number of thiophene rings is 1. The standard InChI is InChI=1S/C22H19N3O3S/c26-20-13-15(14-25(20)18-5-2-1-3-6-18)21(27)23-16-8-10-17(11-9-16)24-22(28)19-7-4-12-29-19/h1-12,15H,13-14H2,(H,23,27)(H,24,28). The second-order valence-corrected chi connectivity index (χ2v) is 7.69. The number of hydrogen-bond donors (Lipinski definition) is 2. The molecule has 0 aliphatic carbocycles. The zero-order chi connectivity index (χ0) is 20.2. The van der Waals surface area contributed by atoms with E-state index in [0.29, 0.717) is 22.8 Å². The minimum atomic E-state index is -0.402. The van der Waals surface area contributed by atoms with Gasteiger partial charge in [0, 0.05) is 30.0 Å². The predicted molar refractivity (Wildman–Crippen MR) is 114 cm³/mol. The van der Waals surface area contributed by atoms with Crippen LogP contribution >= 0.6 is 11.3 Å². The lowest BCUT2D eigenvalue weighted by molar-refractivity contribution is -0.122. The fourth-order valence-corrected chi connectivity index (χ4v) is 3.84. The number of para-hydroxylation sites is 1. The molecule has 1 unspecified atom stereocenters. The number of carbonyl (C=O) groups is 3. The van der Waals surface area contributed by atoms with Crippen molar-refractivity contribution in [3.63, 3.8) is 0 Å². The van der Waals surface area contributed by atoms with Crippen molar-refractivity contribution < 1.29 is 14.4 Å². The van der Waals surface area contributed by atoms with Crippen LogP contribution < -0.4 is 15.5 Å². The van der Waals surface area contributed by atoms with Crippen LogP contribution in [0.15, 0.2) is 72.1 Å². The summed E-state index contributed by atoms with van der Waals surface area (Å²) in [5, 5.41) is 7.52. The second-order valence-electron chi connectivity index (χ2n) is 6.74. The Labute approximate surface area is 172 Å². The summed E-state index contributed by atoms with van der Waals surface area (Å²) >= 11 is 1.37. The molecule has 0 spiro atoms. The molecule has 1 fully saturated rings. The lowest BCUT2D eigenvalue weighted by Crippen LogP contribution is -2.28. The summed E-state index contributed by atoms with van der Waals surface area (Å²) in [4.78, 5) is 39.3. The van der Waals surface area contributed by atoms with Gasteiger partial charge in [0.1, 0.15) is 0 Å². The van der Waals surface area contributed by atoms with Crippen molar-refractivity contribution in [2.45, 2.75) is 6.42 Å². The van der Waals surface area contributed by atoms with Crippen LogP contribution in [0.2, 0.25) is 0 Å². The first kappa shape index (κ1) is 18.9. The summed E-state index contributed by atoms with van der Waals surface area (Å²) in [6.45, 7) is 0.365. The SMILES string of the molecule is O=C(Nc1ccc(NC(=O)C2CC(=O)N(c3ccccc3)C2)cc1)c1cccs1. The predicted octanol–water partition coefficient (Wildman–Crippen LogP) is 3.99. The first-order valence-electron chi connectivity index (χ1n) is 9.21. The molecule has 3 amide bonds. The fraction of sp³-hybridized carbons (Fsp3) is 0.136. The van der Waals surface area contributed by atoms with Crippen LogP contribution in [-0.4, -0.2) is 24.3 Å². The normalized spacial score (nSPS) is 15.9. The van der Waals surface area contributed by atoms with Gasteiger partial charge in [-0.1, -0.05) is 24.3 Å². The van der Waals surface area contributed by atoms with E-state index in [2.05, 4.69) is 10.6 Å². The van der Waals surface area contributed by atoms with Crippen molar-refractivity contribution in [1.82, 2.24) is 0 Å². The van der Waals surface area contributed by atoms with Crippen molar-refractivity contribution in [1.29, 1.82) is 0 Å². The largest absolute Gasteiger partial charge is 0.326 e. The highest BCUT2D eigenvalue weighted by Crippen LogP contribution is 2.26. The van der Waals surface area contributed by atoms with Gasteiger partial charge in [-0.25, -0.2) is 0 Å². The van der Waals surface area contributed by atoms with Gasteiger partial charge < -0.3 is 15.5 Å². The quantitative estimate of drug-likeness (QED) is 0.674. The topological polar surface area (TPSA) is 78.5 Å². The number of amides is 3. The number of benzene rings is 2. The third-order valence-electron chi connectivity index (χ3n) is 4.72. The number of hydrogen-bond acceptors (Lipinski definition) is 4. The van der Waals surface area contributed by atoms with Crippen molar-refractivity contribution >= 4 is 46.1 Å². The zero-order valence-corrected chi connectivity index (χ0v) is 16.3. The monoisotopic (exact) mass is 405 g/mol. The van der Waals surface area contributed by atoms with Crippen molar-refractivity contribution in [2.24, 2.45) is 5.92 Å². The molecule has 4 rings (SSSR count). The Balaban J connectivity index is 1.35. The van der Waals surface area contributed by atoms with Gasteiger partial charge in [-0.15, -0.1) is 11.3 Å². The lowest BCUT2D eigenvalue weighted by atomic mass is 10.1. The molecule has 2 aromatic carbocycles. The lowest BCUT2D eigenvalue weighted by Gasteiger charge is -2.16. The van der Waals surface area contributed by atoms with Crippen LogP contribution in [0.25, 0.3) is 0 Å². The van der Waals surface area contributed by atoms with Crippen molar-refractivity contribution in [3.05, 3.63) is 77.0 Å². The van der Waals surface area contributed by atoms with Gasteiger partial charge in [-0.3, -0.25) is 14.4 Å². The fourth-order valence-electron chi connectivity index (χ4n) is 3.22. The first-order chi connectivity index (χ1) is 14.1. The molecule has 1 aromatic heterocycles. The molecule has 3 aromatic rings. The summed E-state index contributed by atoms with van der Waals surface area (Å²) in [7, 11) is 0. The minimum absolute atomic E-state index is 0.0528. The number of nitrogens with one attached hydrogen (secondary N) is 2. The molecular formula is C22H19N3O3S. The van der Waals surface area contributed by atoms with Gasteiger partial charge in [0.05, 0.1) is 10.8 Å². The van der Waals surface area contributed by atoms with Crippen LogP contribution in [0.4, 0.5) is 17.1 Å². The Hall–Kier alpha value is -3.45. The van der Waals surface area contributed by atoms with Crippen molar-refractivity contribution in [2.75, 3.05) is 22.1 Å². The minimum Gasteiger partial charge on any atom is -0.326 e. The van der Waals surface area contributed by atoms with Gasteiger partial charge in [0.25, 0.3) is 5.91 Å².